The Kier molecular flexibility index (Phi) is 23.0. The number of amides is 8. The summed E-state index contributed by atoms with van der Waals surface area (Å²) in [5, 5.41) is 17.7. The Labute approximate surface area is 297 Å². The fourth-order valence-corrected chi connectivity index (χ4v) is 4.00. The number of primary amides is 1. The van der Waals surface area contributed by atoms with Crippen molar-refractivity contribution in [3.05, 3.63) is 35.9 Å². The van der Waals surface area contributed by atoms with Crippen LogP contribution in [0.5, 0.6) is 0 Å². The Morgan fingerprint density at radius 1 is 0.588 bits per heavy atom. The van der Waals surface area contributed by atoms with Crippen LogP contribution >= 0.6 is 0 Å². The minimum Gasteiger partial charge on any atom is -0.379 e. The van der Waals surface area contributed by atoms with Crippen LogP contribution in [0.15, 0.2) is 30.3 Å². The zero-order chi connectivity index (χ0) is 37.9. The second-order valence-corrected chi connectivity index (χ2v) is 11.5. The lowest BCUT2D eigenvalue weighted by molar-refractivity contribution is -0.131. The van der Waals surface area contributed by atoms with Crippen molar-refractivity contribution in [3.8, 4) is 0 Å². The van der Waals surface area contributed by atoms with Gasteiger partial charge in [0.2, 0.25) is 47.3 Å². The van der Waals surface area contributed by atoms with Crippen LogP contribution in [0.3, 0.4) is 0 Å². The van der Waals surface area contributed by atoms with E-state index in [-0.39, 0.29) is 96.0 Å². The monoisotopic (exact) mass is 720 g/mol. The summed E-state index contributed by atoms with van der Waals surface area (Å²) in [6.45, 7) is 3.93. The van der Waals surface area contributed by atoms with E-state index in [1.165, 1.54) is 0 Å². The number of nitrogens with one attached hydrogen (secondary N) is 7. The molecule has 8 amide bonds. The molecule has 0 aliphatic heterocycles. The normalized spacial score (nSPS) is 11.1. The molecule has 0 aliphatic carbocycles. The van der Waals surface area contributed by atoms with Gasteiger partial charge in [0.1, 0.15) is 6.04 Å². The van der Waals surface area contributed by atoms with Gasteiger partial charge < -0.3 is 52.4 Å². The van der Waals surface area contributed by atoms with Crippen LogP contribution in [-0.2, 0) is 54.3 Å². The van der Waals surface area contributed by atoms with Crippen LogP contribution in [0.4, 0.5) is 0 Å². The van der Waals surface area contributed by atoms with E-state index in [1.54, 1.807) is 44.2 Å². The molecular weight excluding hydrogens is 668 g/mol. The van der Waals surface area contributed by atoms with Crippen molar-refractivity contribution in [2.24, 2.45) is 11.7 Å². The Morgan fingerprint density at radius 3 is 1.86 bits per heavy atom. The molecule has 0 bridgehead atoms. The summed E-state index contributed by atoms with van der Waals surface area (Å²) >= 11 is 0. The first-order valence-electron chi connectivity index (χ1n) is 16.8. The molecule has 51 heavy (non-hydrogen) atoms. The van der Waals surface area contributed by atoms with Gasteiger partial charge in [-0.15, -0.1) is 0 Å². The van der Waals surface area contributed by atoms with E-state index in [9.17, 15) is 38.4 Å². The molecule has 0 aromatic heterocycles. The molecule has 0 saturated heterocycles. The summed E-state index contributed by atoms with van der Waals surface area (Å²) in [6, 6.07) is 7.84. The van der Waals surface area contributed by atoms with Crippen molar-refractivity contribution in [2.75, 3.05) is 65.7 Å². The molecule has 0 radical (unpaired) electrons. The van der Waals surface area contributed by atoms with Gasteiger partial charge in [-0.05, 0) is 12.0 Å². The largest absolute Gasteiger partial charge is 0.379 e. The molecule has 0 spiro atoms. The van der Waals surface area contributed by atoms with E-state index < -0.39 is 48.0 Å². The predicted molar refractivity (Wildman–Crippen MR) is 184 cm³/mol. The standard InChI is InChI=1S/C33H52N8O10/c1-23(2)32(48)37-13-10-27(43)36-14-16-51-18-17-50-15-11-28(44)38-20-30(46)39-22-31(47)41-25(19-24-7-4-3-5-8-24)33(49)40-21-29(45)35-12-6-9-26(34)42/h3-5,7-8,23,25H,6,9-22H2,1-2H3,(H2,34,42)(H,35,45)(H,36,43)(H,37,48)(H,38,44)(H,39,46)(H,40,49)(H,41,47)/t25-/m0/s1. The van der Waals surface area contributed by atoms with Crippen molar-refractivity contribution in [3.63, 3.8) is 0 Å². The summed E-state index contributed by atoms with van der Waals surface area (Å²) in [5.74, 6) is -3.77. The van der Waals surface area contributed by atoms with Gasteiger partial charge in [-0.1, -0.05) is 44.2 Å². The zero-order valence-corrected chi connectivity index (χ0v) is 29.3. The maximum atomic E-state index is 12.8. The zero-order valence-electron chi connectivity index (χ0n) is 29.3. The first-order valence-corrected chi connectivity index (χ1v) is 16.8. The van der Waals surface area contributed by atoms with Gasteiger partial charge in [0.25, 0.3) is 0 Å². The number of hydrogen-bond acceptors (Lipinski definition) is 10. The highest BCUT2D eigenvalue weighted by atomic mass is 16.5. The lowest BCUT2D eigenvalue weighted by atomic mass is 10.1. The number of rotatable bonds is 27. The molecule has 18 nitrogen and oxygen atoms in total. The molecule has 1 atom stereocenters. The Hall–Kier alpha value is -5.10. The highest BCUT2D eigenvalue weighted by molar-refractivity contribution is 5.92. The molecule has 1 rings (SSSR count). The predicted octanol–water partition coefficient (Wildman–Crippen LogP) is -2.85. The minimum atomic E-state index is -1.05. The molecule has 1 aromatic rings. The van der Waals surface area contributed by atoms with Crippen LogP contribution in [-0.4, -0.2) is 119 Å². The number of carbonyl (C=O) groups is 8. The Morgan fingerprint density at radius 2 is 1.18 bits per heavy atom. The van der Waals surface area contributed by atoms with Crippen molar-refractivity contribution in [2.45, 2.75) is 52.0 Å². The average molecular weight is 721 g/mol. The topological polar surface area (TPSA) is 265 Å². The van der Waals surface area contributed by atoms with Gasteiger partial charge >= 0.3 is 0 Å². The fraction of sp³-hybridized carbons (Fsp3) is 0.576. The molecule has 0 saturated carbocycles. The number of hydrogen-bond donors (Lipinski definition) is 8. The van der Waals surface area contributed by atoms with Crippen LogP contribution in [0.2, 0.25) is 0 Å². The van der Waals surface area contributed by atoms with Crippen molar-refractivity contribution >= 4 is 47.3 Å². The second-order valence-electron chi connectivity index (χ2n) is 11.5. The summed E-state index contributed by atoms with van der Waals surface area (Å²) in [5.41, 5.74) is 5.81. The van der Waals surface area contributed by atoms with Gasteiger partial charge in [-0.2, -0.15) is 0 Å². The third-order valence-corrected chi connectivity index (χ3v) is 6.76. The minimum absolute atomic E-state index is 0.0150. The van der Waals surface area contributed by atoms with Gasteiger partial charge in [0.05, 0.1) is 46.1 Å². The lowest BCUT2D eigenvalue weighted by Crippen LogP contribution is -2.52. The summed E-state index contributed by atoms with van der Waals surface area (Å²) in [6.07, 6.45) is 0.752. The van der Waals surface area contributed by atoms with Crippen molar-refractivity contribution in [1.29, 1.82) is 0 Å². The number of nitrogens with two attached hydrogens (primary N) is 1. The molecular formula is C33H52N8O10. The van der Waals surface area contributed by atoms with Crippen LogP contribution in [0.1, 0.15) is 45.1 Å². The van der Waals surface area contributed by atoms with E-state index >= 15 is 0 Å². The summed E-state index contributed by atoms with van der Waals surface area (Å²) in [4.78, 5) is 95.7. The van der Waals surface area contributed by atoms with Crippen molar-refractivity contribution in [1.82, 2.24) is 37.2 Å². The third-order valence-electron chi connectivity index (χ3n) is 6.76. The third kappa shape index (κ3) is 23.8. The van der Waals surface area contributed by atoms with Crippen molar-refractivity contribution < 1.29 is 47.8 Å². The molecule has 0 unspecified atom stereocenters. The maximum Gasteiger partial charge on any atom is 0.243 e. The van der Waals surface area contributed by atoms with Gasteiger partial charge in [-0.3, -0.25) is 38.4 Å². The molecule has 1 aromatic carbocycles. The smallest absolute Gasteiger partial charge is 0.243 e. The Bertz CT molecular complexity index is 1280. The van der Waals surface area contributed by atoms with E-state index in [1.807, 2.05) is 0 Å². The molecule has 0 aliphatic rings. The van der Waals surface area contributed by atoms with E-state index in [2.05, 4.69) is 37.2 Å². The molecule has 0 fully saturated rings. The number of carbonyl (C=O) groups excluding carboxylic acids is 8. The molecule has 284 valence electrons. The SMILES string of the molecule is CC(C)C(=O)NCCC(=O)NCCOCCOCCC(=O)NCC(=O)NCC(=O)N[C@@H](Cc1ccccc1)C(=O)NCC(=O)NCCCC(N)=O. The van der Waals surface area contributed by atoms with Gasteiger partial charge in [0.15, 0.2) is 0 Å². The van der Waals surface area contributed by atoms with E-state index in [0.29, 0.717) is 13.0 Å². The maximum absolute atomic E-state index is 12.8. The van der Waals surface area contributed by atoms with Crippen LogP contribution < -0.4 is 43.0 Å². The van der Waals surface area contributed by atoms with E-state index in [4.69, 9.17) is 15.2 Å². The Balaban J connectivity index is 2.24. The number of benzene rings is 1. The molecule has 0 heterocycles. The number of ether oxygens (including phenoxy) is 2. The quantitative estimate of drug-likeness (QED) is 0.0431. The molecule has 9 N–H and O–H groups in total. The highest BCUT2D eigenvalue weighted by Crippen LogP contribution is 2.04. The van der Waals surface area contributed by atoms with Crippen LogP contribution in [0, 0.1) is 5.92 Å². The average Bonchev–Trinajstić information content (AvgIpc) is 3.09. The lowest BCUT2D eigenvalue weighted by Gasteiger charge is -2.19. The van der Waals surface area contributed by atoms with Crippen LogP contribution in [0.25, 0.3) is 0 Å². The fourth-order valence-electron chi connectivity index (χ4n) is 4.00. The molecule has 18 heteroatoms. The van der Waals surface area contributed by atoms with Gasteiger partial charge in [0, 0.05) is 51.2 Å². The van der Waals surface area contributed by atoms with E-state index in [0.717, 1.165) is 5.56 Å². The second kappa shape index (κ2) is 26.7. The highest BCUT2D eigenvalue weighted by Gasteiger charge is 2.22. The first-order chi connectivity index (χ1) is 24.4. The first kappa shape index (κ1) is 43.9. The van der Waals surface area contributed by atoms with Gasteiger partial charge in [-0.25, -0.2) is 0 Å². The summed E-state index contributed by atoms with van der Waals surface area (Å²) < 4.78 is 10.7. The summed E-state index contributed by atoms with van der Waals surface area (Å²) in [7, 11) is 0.